The molecule has 7 heteroatoms. The predicted molar refractivity (Wildman–Crippen MR) is 153 cm³/mol. The number of benzene rings is 3. The minimum absolute atomic E-state index is 0.00526. The molecule has 5 rings (SSSR count). The second-order valence-corrected chi connectivity index (χ2v) is 9.91. The summed E-state index contributed by atoms with van der Waals surface area (Å²) in [6.45, 7) is 2.66. The van der Waals surface area contributed by atoms with Crippen LogP contribution in [0.4, 0.5) is 5.82 Å². The smallest absolute Gasteiger partial charge is 0.245 e. The Morgan fingerprint density at radius 1 is 1.00 bits per heavy atom. The fourth-order valence-electron chi connectivity index (χ4n) is 4.88. The first-order valence-electron chi connectivity index (χ1n) is 13.5. The van der Waals surface area contributed by atoms with E-state index < -0.39 is 0 Å². The zero-order valence-electron chi connectivity index (χ0n) is 22.4. The van der Waals surface area contributed by atoms with E-state index in [-0.39, 0.29) is 30.2 Å². The molecule has 200 valence electrons. The summed E-state index contributed by atoms with van der Waals surface area (Å²) in [7, 11) is 1.62. The summed E-state index contributed by atoms with van der Waals surface area (Å²) < 4.78 is 7.01. The summed E-state index contributed by atoms with van der Waals surface area (Å²) in [6, 6.07) is 29.3. The van der Waals surface area contributed by atoms with Crippen LogP contribution in [0.15, 0.2) is 91.0 Å². The van der Waals surface area contributed by atoms with Gasteiger partial charge in [0.05, 0.1) is 25.0 Å². The molecule has 0 saturated heterocycles. The normalized spacial score (nSPS) is 15.9. The number of hydrogen-bond donors (Lipinski definition) is 1. The molecule has 39 heavy (non-hydrogen) atoms. The Kier molecular flexibility index (Phi) is 8.06. The molecule has 1 N–H and O–H groups in total. The van der Waals surface area contributed by atoms with Crippen LogP contribution in [-0.4, -0.2) is 46.7 Å². The number of hydrogen-bond acceptors (Lipinski definition) is 4. The first-order chi connectivity index (χ1) is 19.1. The molecule has 1 heterocycles. The van der Waals surface area contributed by atoms with Gasteiger partial charge in [-0.05, 0) is 48.6 Å². The topological polar surface area (TPSA) is 76.5 Å². The summed E-state index contributed by atoms with van der Waals surface area (Å²) in [5, 5.41) is 7.81. The Morgan fingerprint density at radius 3 is 2.36 bits per heavy atom. The van der Waals surface area contributed by atoms with Crippen molar-refractivity contribution in [2.24, 2.45) is 5.92 Å². The highest BCUT2D eigenvalue weighted by atomic mass is 16.5. The summed E-state index contributed by atoms with van der Waals surface area (Å²) in [6.07, 6.45) is 2.63. The standard InChI is InChI=1S/C32H34N4O3/c1-3-4-19-35(32(38)28-20-27(28)23-11-7-5-8-12-23)22-31(37)33-30-21-29(24-13-9-6-10-14-24)34-36(30)25-15-17-26(39-2)18-16-25/h5-18,21,27-28H,3-4,19-20,22H2,1-2H3,(H,33,37). The minimum atomic E-state index is -0.245. The van der Waals surface area contributed by atoms with Crippen LogP contribution in [0, 0.1) is 5.92 Å². The van der Waals surface area contributed by atoms with Crippen LogP contribution in [0.5, 0.6) is 5.75 Å². The lowest BCUT2D eigenvalue weighted by Gasteiger charge is -2.22. The second-order valence-electron chi connectivity index (χ2n) is 9.91. The zero-order chi connectivity index (χ0) is 27.2. The van der Waals surface area contributed by atoms with Crippen molar-refractivity contribution in [2.75, 3.05) is 25.5 Å². The van der Waals surface area contributed by atoms with Gasteiger partial charge in [0.25, 0.3) is 0 Å². The average molecular weight is 523 g/mol. The van der Waals surface area contributed by atoms with Crippen LogP contribution in [-0.2, 0) is 9.59 Å². The van der Waals surface area contributed by atoms with Gasteiger partial charge in [-0.25, -0.2) is 4.68 Å². The van der Waals surface area contributed by atoms with Crippen LogP contribution < -0.4 is 10.1 Å². The monoisotopic (exact) mass is 522 g/mol. The van der Waals surface area contributed by atoms with E-state index in [9.17, 15) is 9.59 Å². The number of carbonyl (C=O) groups excluding carboxylic acids is 2. The first kappa shape index (κ1) is 26.2. The van der Waals surface area contributed by atoms with Crippen molar-refractivity contribution >= 4 is 17.6 Å². The number of methoxy groups -OCH3 is 1. The molecule has 1 fully saturated rings. The van der Waals surface area contributed by atoms with Gasteiger partial charge in [-0.3, -0.25) is 9.59 Å². The van der Waals surface area contributed by atoms with Crippen molar-refractivity contribution in [1.82, 2.24) is 14.7 Å². The maximum atomic E-state index is 13.4. The molecular formula is C32H34N4O3. The lowest BCUT2D eigenvalue weighted by molar-refractivity contribution is -0.136. The number of amides is 2. The van der Waals surface area contributed by atoms with E-state index in [1.165, 1.54) is 5.56 Å². The van der Waals surface area contributed by atoms with E-state index in [1.807, 2.05) is 78.9 Å². The minimum Gasteiger partial charge on any atom is -0.497 e. The van der Waals surface area contributed by atoms with E-state index in [2.05, 4.69) is 24.4 Å². The highest BCUT2D eigenvalue weighted by Gasteiger charge is 2.45. The van der Waals surface area contributed by atoms with Gasteiger partial charge in [-0.1, -0.05) is 74.0 Å². The summed E-state index contributed by atoms with van der Waals surface area (Å²) in [4.78, 5) is 28.5. The highest BCUT2D eigenvalue weighted by Crippen LogP contribution is 2.48. The van der Waals surface area contributed by atoms with Crippen molar-refractivity contribution < 1.29 is 14.3 Å². The average Bonchev–Trinajstić information content (AvgIpc) is 3.68. The van der Waals surface area contributed by atoms with E-state index in [0.29, 0.717) is 12.4 Å². The summed E-state index contributed by atoms with van der Waals surface area (Å²) in [5.74, 6) is 1.26. The fraction of sp³-hybridized carbons (Fsp3) is 0.281. The van der Waals surface area contributed by atoms with E-state index in [1.54, 1.807) is 16.7 Å². The number of anilines is 1. The van der Waals surface area contributed by atoms with Gasteiger partial charge >= 0.3 is 0 Å². The third-order valence-electron chi connectivity index (χ3n) is 7.13. The van der Waals surface area contributed by atoms with Crippen molar-refractivity contribution in [3.8, 4) is 22.7 Å². The van der Waals surface area contributed by atoms with Crippen molar-refractivity contribution in [1.29, 1.82) is 0 Å². The van der Waals surface area contributed by atoms with Gasteiger partial charge in [-0.15, -0.1) is 0 Å². The van der Waals surface area contributed by atoms with Gasteiger partial charge in [-0.2, -0.15) is 5.10 Å². The van der Waals surface area contributed by atoms with Crippen molar-refractivity contribution in [2.45, 2.75) is 32.1 Å². The molecule has 1 aliphatic rings. The largest absolute Gasteiger partial charge is 0.497 e. The Balaban J connectivity index is 1.35. The first-order valence-corrected chi connectivity index (χ1v) is 13.5. The number of aromatic nitrogens is 2. The molecule has 1 aromatic heterocycles. The maximum Gasteiger partial charge on any atom is 0.245 e. The molecule has 1 aliphatic carbocycles. The molecule has 4 aromatic rings. The predicted octanol–water partition coefficient (Wildman–Crippen LogP) is 5.92. The highest BCUT2D eigenvalue weighted by molar-refractivity contribution is 5.95. The molecule has 0 radical (unpaired) electrons. The molecule has 2 unspecified atom stereocenters. The van der Waals surface area contributed by atoms with E-state index in [4.69, 9.17) is 9.84 Å². The number of carbonyl (C=O) groups is 2. The fourth-order valence-corrected chi connectivity index (χ4v) is 4.88. The van der Waals surface area contributed by atoms with Crippen LogP contribution in [0.25, 0.3) is 16.9 Å². The van der Waals surface area contributed by atoms with Crippen LogP contribution in [0.3, 0.4) is 0 Å². The Bertz CT molecular complexity index is 1400. The molecule has 1 saturated carbocycles. The molecular weight excluding hydrogens is 488 g/mol. The van der Waals surface area contributed by atoms with E-state index >= 15 is 0 Å². The van der Waals surface area contributed by atoms with Crippen molar-refractivity contribution in [3.63, 3.8) is 0 Å². The zero-order valence-corrected chi connectivity index (χ0v) is 22.4. The number of rotatable bonds is 11. The molecule has 0 aliphatic heterocycles. The molecule has 7 nitrogen and oxygen atoms in total. The molecule has 3 aromatic carbocycles. The van der Waals surface area contributed by atoms with Crippen LogP contribution >= 0.6 is 0 Å². The van der Waals surface area contributed by atoms with Gasteiger partial charge in [0.2, 0.25) is 11.8 Å². The lowest BCUT2D eigenvalue weighted by Crippen LogP contribution is -2.40. The third kappa shape index (κ3) is 6.20. The Labute approximate surface area is 229 Å². The Morgan fingerprint density at radius 2 is 1.69 bits per heavy atom. The number of ether oxygens (including phenoxy) is 1. The number of nitrogens with one attached hydrogen (secondary N) is 1. The van der Waals surface area contributed by atoms with Gasteiger partial charge in [0, 0.05) is 24.1 Å². The van der Waals surface area contributed by atoms with Crippen LogP contribution in [0.2, 0.25) is 0 Å². The molecule has 0 spiro atoms. The van der Waals surface area contributed by atoms with Gasteiger partial charge < -0.3 is 15.0 Å². The maximum absolute atomic E-state index is 13.4. The lowest BCUT2D eigenvalue weighted by atomic mass is 10.1. The SMILES string of the molecule is CCCCN(CC(=O)Nc1cc(-c2ccccc2)nn1-c1ccc(OC)cc1)C(=O)C1CC1c1ccccc1. The quantitative estimate of drug-likeness (QED) is 0.265. The van der Waals surface area contributed by atoms with Gasteiger partial charge in [0.1, 0.15) is 11.6 Å². The third-order valence-corrected chi connectivity index (χ3v) is 7.13. The number of unbranched alkanes of at least 4 members (excludes halogenated alkanes) is 1. The van der Waals surface area contributed by atoms with Crippen LogP contribution in [0.1, 0.15) is 37.7 Å². The second kappa shape index (κ2) is 12.0. The summed E-state index contributed by atoms with van der Waals surface area (Å²) in [5.41, 5.74) is 3.66. The molecule has 2 atom stereocenters. The molecule has 2 amide bonds. The van der Waals surface area contributed by atoms with Crippen molar-refractivity contribution in [3.05, 3.63) is 96.6 Å². The molecule has 0 bridgehead atoms. The van der Waals surface area contributed by atoms with E-state index in [0.717, 1.165) is 42.0 Å². The van der Waals surface area contributed by atoms with Gasteiger partial charge in [0.15, 0.2) is 0 Å². The number of nitrogens with zero attached hydrogens (tertiary/aromatic N) is 3. The Hall–Kier alpha value is -4.39. The summed E-state index contributed by atoms with van der Waals surface area (Å²) >= 11 is 0.